The highest BCUT2D eigenvalue weighted by atomic mass is 79.9. The van der Waals surface area contributed by atoms with Crippen molar-refractivity contribution in [3.8, 4) is 6.07 Å². The van der Waals surface area contributed by atoms with Gasteiger partial charge in [0.2, 0.25) is 5.76 Å². The molecule has 0 bridgehead atoms. The number of rotatable bonds is 0. The van der Waals surface area contributed by atoms with Crippen LogP contribution in [0.5, 0.6) is 0 Å². The summed E-state index contributed by atoms with van der Waals surface area (Å²) in [4.78, 5) is 0. The molecule has 0 radical (unpaired) electrons. The minimum Gasteiger partial charge on any atom is -0.445 e. The van der Waals surface area contributed by atoms with E-state index in [0.29, 0.717) is 15.4 Å². The molecule has 0 saturated heterocycles. The molecule has 0 aliphatic carbocycles. The normalized spacial score (nSPS) is 10.2. The number of fused-ring (bicyclic) bond motifs is 1. The number of halogens is 2. The van der Waals surface area contributed by atoms with Gasteiger partial charge < -0.3 is 4.42 Å². The zero-order valence-electron chi connectivity index (χ0n) is 6.34. The van der Waals surface area contributed by atoms with E-state index in [2.05, 4.69) is 15.9 Å². The molecule has 0 fully saturated rings. The molecule has 0 aliphatic rings. The zero-order chi connectivity index (χ0) is 9.42. The Hall–Kier alpha value is -1.34. The molecule has 13 heavy (non-hydrogen) atoms. The Balaban J connectivity index is 2.79. The predicted octanol–water partition coefficient (Wildman–Crippen LogP) is 3.21. The first-order valence-corrected chi connectivity index (χ1v) is 4.28. The molecule has 1 aromatic carbocycles. The molecule has 1 aromatic heterocycles. The van der Waals surface area contributed by atoms with E-state index in [1.165, 1.54) is 6.07 Å². The molecular weight excluding hydrogens is 237 g/mol. The Morgan fingerprint density at radius 1 is 1.38 bits per heavy atom. The molecule has 1 heterocycles. The molecule has 2 aromatic rings. The number of nitriles is 1. The van der Waals surface area contributed by atoms with Crippen LogP contribution in [-0.4, -0.2) is 0 Å². The number of furan rings is 1. The minimum absolute atomic E-state index is 0.188. The second kappa shape index (κ2) is 2.86. The topological polar surface area (TPSA) is 36.9 Å². The Bertz CT molecular complexity index is 473. The molecule has 0 N–H and O–H groups in total. The third-order valence-corrected chi connectivity index (χ3v) is 2.28. The number of hydrogen-bond acceptors (Lipinski definition) is 2. The summed E-state index contributed by atoms with van der Waals surface area (Å²) in [5.74, 6) is -0.209. The van der Waals surface area contributed by atoms with Crippen LogP contribution in [0.1, 0.15) is 5.76 Å². The highest BCUT2D eigenvalue weighted by molar-refractivity contribution is 9.10. The first kappa shape index (κ1) is 8.27. The van der Waals surface area contributed by atoms with Crippen molar-refractivity contribution in [3.63, 3.8) is 0 Å². The van der Waals surface area contributed by atoms with Gasteiger partial charge >= 0.3 is 0 Å². The number of hydrogen-bond donors (Lipinski definition) is 0. The lowest BCUT2D eigenvalue weighted by Crippen LogP contribution is -1.74. The van der Waals surface area contributed by atoms with Crippen LogP contribution in [0.4, 0.5) is 4.39 Å². The maximum Gasteiger partial charge on any atom is 0.204 e. The van der Waals surface area contributed by atoms with Crippen LogP contribution < -0.4 is 0 Å². The molecule has 64 valence electrons. The second-order valence-electron chi connectivity index (χ2n) is 2.53. The molecule has 0 unspecified atom stereocenters. The summed E-state index contributed by atoms with van der Waals surface area (Å²) in [6, 6.07) is 6.25. The minimum atomic E-state index is -0.397. The number of nitrogens with zero attached hydrogens (tertiary/aromatic N) is 1. The van der Waals surface area contributed by atoms with Crippen LogP contribution >= 0.6 is 15.9 Å². The maximum absolute atomic E-state index is 13.0. The Morgan fingerprint density at radius 2 is 2.15 bits per heavy atom. The van der Waals surface area contributed by atoms with Gasteiger partial charge in [-0.2, -0.15) is 5.26 Å². The van der Waals surface area contributed by atoms with Crippen molar-refractivity contribution in [2.75, 3.05) is 0 Å². The van der Waals surface area contributed by atoms with Gasteiger partial charge in [0.15, 0.2) is 0 Å². The first-order valence-electron chi connectivity index (χ1n) is 3.49. The standard InChI is InChI=1S/C9H3BrFNO/c10-7-2-5-1-6(4-12)13-9(5)3-8(7)11/h1-3H. The summed E-state index contributed by atoms with van der Waals surface area (Å²) in [5.41, 5.74) is 0.386. The van der Waals surface area contributed by atoms with Crippen LogP contribution in [0.3, 0.4) is 0 Å². The molecule has 0 atom stereocenters. The lowest BCUT2D eigenvalue weighted by molar-refractivity contribution is 0.586. The number of benzene rings is 1. The Morgan fingerprint density at radius 3 is 2.85 bits per heavy atom. The van der Waals surface area contributed by atoms with Crippen LogP contribution in [-0.2, 0) is 0 Å². The van der Waals surface area contributed by atoms with Gasteiger partial charge in [0.1, 0.15) is 17.5 Å². The van der Waals surface area contributed by atoms with Crippen LogP contribution in [0.15, 0.2) is 27.1 Å². The largest absolute Gasteiger partial charge is 0.445 e. The van der Waals surface area contributed by atoms with E-state index in [4.69, 9.17) is 9.68 Å². The van der Waals surface area contributed by atoms with Crippen molar-refractivity contribution in [2.45, 2.75) is 0 Å². The average Bonchev–Trinajstić information content (AvgIpc) is 2.48. The van der Waals surface area contributed by atoms with Crippen molar-refractivity contribution < 1.29 is 8.81 Å². The lowest BCUT2D eigenvalue weighted by Gasteiger charge is -1.92. The third-order valence-electron chi connectivity index (χ3n) is 1.67. The SMILES string of the molecule is N#Cc1cc2cc(Br)c(F)cc2o1. The Kier molecular flexibility index (Phi) is 1.82. The second-order valence-corrected chi connectivity index (χ2v) is 3.38. The fourth-order valence-electron chi connectivity index (χ4n) is 1.09. The average molecular weight is 240 g/mol. The van der Waals surface area contributed by atoms with Gasteiger partial charge in [0, 0.05) is 17.5 Å². The molecule has 0 aliphatic heterocycles. The van der Waals surface area contributed by atoms with Gasteiger partial charge in [0.25, 0.3) is 0 Å². The highest BCUT2D eigenvalue weighted by Gasteiger charge is 2.06. The van der Waals surface area contributed by atoms with Crippen LogP contribution in [0.25, 0.3) is 11.0 Å². The van der Waals surface area contributed by atoms with E-state index in [9.17, 15) is 4.39 Å². The van der Waals surface area contributed by atoms with Gasteiger partial charge in [0.05, 0.1) is 4.47 Å². The van der Waals surface area contributed by atoms with E-state index < -0.39 is 5.82 Å². The van der Waals surface area contributed by atoms with Crippen molar-refractivity contribution in [1.82, 2.24) is 0 Å². The Labute approximate surface area is 81.7 Å². The first-order chi connectivity index (χ1) is 6.20. The highest BCUT2D eigenvalue weighted by Crippen LogP contribution is 2.25. The van der Waals surface area contributed by atoms with E-state index in [1.807, 2.05) is 6.07 Å². The van der Waals surface area contributed by atoms with Gasteiger partial charge in [-0.1, -0.05) is 0 Å². The quantitative estimate of drug-likeness (QED) is 0.708. The van der Waals surface area contributed by atoms with Crippen molar-refractivity contribution in [2.24, 2.45) is 0 Å². The van der Waals surface area contributed by atoms with E-state index in [0.717, 1.165) is 0 Å². The van der Waals surface area contributed by atoms with Crippen LogP contribution in [0, 0.1) is 17.1 Å². The molecule has 4 heteroatoms. The summed E-state index contributed by atoms with van der Waals surface area (Å²) < 4.78 is 18.4. The fraction of sp³-hybridized carbons (Fsp3) is 0. The van der Waals surface area contributed by atoms with Crippen LogP contribution in [0.2, 0.25) is 0 Å². The van der Waals surface area contributed by atoms with Gasteiger partial charge in [-0.3, -0.25) is 0 Å². The summed E-state index contributed by atoms with van der Waals surface area (Å²) in [7, 11) is 0. The van der Waals surface area contributed by atoms with Gasteiger partial charge in [-0.15, -0.1) is 0 Å². The molecule has 0 spiro atoms. The van der Waals surface area contributed by atoms with Crippen molar-refractivity contribution in [3.05, 3.63) is 34.2 Å². The molecule has 0 saturated carbocycles. The van der Waals surface area contributed by atoms with Crippen molar-refractivity contribution in [1.29, 1.82) is 5.26 Å². The monoisotopic (exact) mass is 239 g/mol. The third kappa shape index (κ3) is 1.31. The smallest absolute Gasteiger partial charge is 0.204 e. The maximum atomic E-state index is 13.0. The van der Waals surface area contributed by atoms with Gasteiger partial charge in [-0.05, 0) is 22.0 Å². The molecular formula is C9H3BrFNO. The van der Waals surface area contributed by atoms with E-state index in [-0.39, 0.29) is 5.76 Å². The fourth-order valence-corrected chi connectivity index (χ4v) is 1.45. The molecule has 2 nitrogen and oxygen atoms in total. The summed E-state index contributed by atoms with van der Waals surface area (Å²) in [6.45, 7) is 0. The molecule has 2 rings (SSSR count). The summed E-state index contributed by atoms with van der Waals surface area (Å²) in [5, 5.41) is 9.24. The summed E-state index contributed by atoms with van der Waals surface area (Å²) >= 11 is 3.05. The zero-order valence-corrected chi connectivity index (χ0v) is 7.93. The van der Waals surface area contributed by atoms with Gasteiger partial charge in [-0.25, -0.2) is 4.39 Å². The predicted molar refractivity (Wildman–Crippen MR) is 48.6 cm³/mol. The van der Waals surface area contributed by atoms with Crippen molar-refractivity contribution >= 4 is 26.9 Å². The van der Waals surface area contributed by atoms with E-state index in [1.54, 1.807) is 12.1 Å². The lowest BCUT2D eigenvalue weighted by atomic mass is 10.2. The summed E-state index contributed by atoms with van der Waals surface area (Å²) in [6.07, 6.45) is 0. The molecule has 0 amide bonds. The van der Waals surface area contributed by atoms with E-state index >= 15 is 0 Å².